The van der Waals surface area contributed by atoms with Gasteiger partial charge in [0.05, 0.1) is 12.4 Å². The smallest absolute Gasteiger partial charge is 0.272 e. The lowest BCUT2D eigenvalue weighted by Crippen LogP contribution is -2.40. The van der Waals surface area contributed by atoms with E-state index in [-0.39, 0.29) is 30.7 Å². The molecule has 0 radical (unpaired) electrons. The maximum atomic E-state index is 10.7. The third kappa shape index (κ3) is 3.04. The molecule has 0 aromatic carbocycles. The first-order valence-electron chi connectivity index (χ1n) is 3.13. The fourth-order valence-corrected chi connectivity index (χ4v) is 0.828. The van der Waals surface area contributed by atoms with Crippen LogP contribution in [0.15, 0.2) is 11.8 Å². The van der Waals surface area contributed by atoms with E-state index in [0.717, 1.165) is 6.08 Å². The molecule has 1 heterocycles. The molecule has 0 aromatic heterocycles. The van der Waals surface area contributed by atoms with Crippen LogP contribution >= 0.6 is 24.0 Å². The van der Waals surface area contributed by atoms with Gasteiger partial charge in [-0.3, -0.25) is 15.0 Å². The van der Waals surface area contributed by atoms with E-state index in [1.54, 1.807) is 0 Å². The number of carbonyl (C=O) groups is 2. The van der Waals surface area contributed by atoms with Gasteiger partial charge in [0.25, 0.3) is 5.24 Å². The van der Waals surface area contributed by atoms with Crippen molar-refractivity contribution in [1.82, 2.24) is 10.6 Å². The zero-order valence-corrected chi connectivity index (χ0v) is 7.96. The van der Waals surface area contributed by atoms with Gasteiger partial charge in [-0.1, -0.05) is 0 Å². The molecule has 72 valence electrons. The van der Waals surface area contributed by atoms with Crippen LogP contribution in [0.4, 0.5) is 0 Å². The molecular weight excluding hydrogens is 217 g/mol. The molecule has 1 amide bonds. The van der Waals surface area contributed by atoms with Crippen molar-refractivity contribution in [2.75, 3.05) is 6.67 Å². The summed E-state index contributed by atoms with van der Waals surface area (Å²) in [6, 6.07) is 0. The maximum Gasteiger partial charge on any atom is 0.272 e. The number of carbonyl (C=O) groups excluding carboxylic acids is 2. The molecule has 3 N–H and O–H groups in total. The molecule has 1 rings (SSSR count). The van der Waals surface area contributed by atoms with Gasteiger partial charge in [-0.25, -0.2) is 0 Å². The molecule has 0 aromatic rings. The van der Waals surface area contributed by atoms with Crippen LogP contribution in [-0.4, -0.2) is 23.5 Å². The van der Waals surface area contributed by atoms with Gasteiger partial charge >= 0.3 is 0 Å². The number of allylic oxidation sites excluding steroid dienone is 1. The lowest BCUT2D eigenvalue weighted by Gasteiger charge is -2.14. The highest BCUT2D eigenvalue weighted by molar-refractivity contribution is 6.83. The van der Waals surface area contributed by atoms with Crippen LogP contribution in [0, 0.1) is 5.41 Å². The van der Waals surface area contributed by atoms with Crippen LogP contribution in [0.25, 0.3) is 0 Å². The average molecular weight is 224 g/mol. The molecule has 13 heavy (non-hydrogen) atoms. The second-order valence-corrected chi connectivity index (χ2v) is 2.44. The second kappa shape index (κ2) is 4.84. The third-order valence-corrected chi connectivity index (χ3v) is 1.47. The summed E-state index contributed by atoms with van der Waals surface area (Å²) in [4.78, 5) is 21.2. The van der Waals surface area contributed by atoms with E-state index in [0.29, 0.717) is 0 Å². The highest BCUT2D eigenvalue weighted by Crippen LogP contribution is 1.98. The Labute approximate surface area is 85.4 Å². The fourth-order valence-electron chi connectivity index (χ4n) is 0.726. The van der Waals surface area contributed by atoms with E-state index in [1.165, 1.54) is 0 Å². The summed E-state index contributed by atoms with van der Waals surface area (Å²) in [5.41, 5.74) is -0.245. The van der Waals surface area contributed by atoms with Crippen LogP contribution in [0.2, 0.25) is 0 Å². The van der Waals surface area contributed by atoms with Crippen LogP contribution < -0.4 is 10.6 Å². The fraction of sp³-hybridized carbons (Fsp3) is 0.167. The second-order valence-electron chi connectivity index (χ2n) is 2.10. The molecule has 0 saturated carbocycles. The Balaban J connectivity index is 0.00000144. The molecule has 0 fully saturated rings. The van der Waals surface area contributed by atoms with Crippen molar-refractivity contribution in [3.8, 4) is 0 Å². The van der Waals surface area contributed by atoms with Gasteiger partial charge in [0.2, 0.25) is 5.91 Å². The Bertz CT molecular complexity index is 288. The van der Waals surface area contributed by atoms with Gasteiger partial charge < -0.3 is 10.6 Å². The molecule has 7 heteroatoms. The predicted molar refractivity (Wildman–Crippen MR) is 50.1 cm³/mol. The number of amides is 1. The molecule has 0 aliphatic carbocycles. The van der Waals surface area contributed by atoms with E-state index in [2.05, 4.69) is 10.6 Å². The molecule has 0 atom stereocenters. The zero-order valence-electron chi connectivity index (χ0n) is 6.39. The van der Waals surface area contributed by atoms with Crippen molar-refractivity contribution < 1.29 is 9.59 Å². The van der Waals surface area contributed by atoms with Gasteiger partial charge in [-0.15, -0.1) is 12.4 Å². The summed E-state index contributed by atoms with van der Waals surface area (Å²) in [6.45, 7) is 0.206. The normalized spacial score (nSPS) is 14.5. The molecule has 0 bridgehead atoms. The van der Waals surface area contributed by atoms with Gasteiger partial charge in [0.1, 0.15) is 5.71 Å². The molecule has 0 saturated heterocycles. The Morgan fingerprint density at radius 2 is 2.15 bits per heavy atom. The number of nitrogens with one attached hydrogen (secondary N) is 3. The van der Waals surface area contributed by atoms with Crippen molar-refractivity contribution in [1.29, 1.82) is 5.41 Å². The van der Waals surface area contributed by atoms with E-state index in [9.17, 15) is 9.59 Å². The van der Waals surface area contributed by atoms with E-state index in [1.807, 2.05) is 0 Å². The summed E-state index contributed by atoms with van der Waals surface area (Å²) >= 11 is 5.03. The van der Waals surface area contributed by atoms with Crippen molar-refractivity contribution in [3.63, 3.8) is 0 Å². The standard InChI is InChI=1S/C6H6ClN3O2.ClH/c7-6(12)5(8)3-1-4(11)10-2-9-3;/h1,8-9H,2H2,(H,10,11);1H. The number of hydrogen-bond donors (Lipinski definition) is 3. The molecule has 5 nitrogen and oxygen atoms in total. The van der Waals surface area contributed by atoms with Gasteiger partial charge in [0, 0.05) is 6.08 Å². The Hall–Kier alpha value is -1.07. The first kappa shape index (κ1) is 11.9. The number of hydrogen-bond acceptors (Lipinski definition) is 4. The Kier molecular flexibility index (Phi) is 4.44. The summed E-state index contributed by atoms with van der Waals surface area (Å²) in [6.07, 6.45) is 1.12. The van der Waals surface area contributed by atoms with Crippen molar-refractivity contribution in [3.05, 3.63) is 11.8 Å². The monoisotopic (exact) mass is 223 g/mol. The molecule has 1 aliphatic rings. The Morgan fingerprint density at radius 1 is 1.54 bits per heavy atom. The largest absolute Gasteiger partial charge is 0.366 e. The summed E-state index contributed by atoms with van der Waals surface area (Å²) < 4.78 is 0. The number of halogens is 2. The van der Waals surface area contributed by atoms with Gasteiger partial charge in [0.15, 0.2) is 0 Å². The summed E-state index contributed by atoms with van der Waals surface area (Å²) in [7, 11) is 0. The van der Waals surface area contributed by atoms with E-state index >= 15 is 0 Å². The first-order valence-corrected chi connectivity index (χ1v) is 3.51. The third-order valence-electron chi connectivity index (χ3n) is 1.28. The lowest BCUT2D eigenvalue weighted by atomic mass is 10.2. The van der Waals surface area contributed by atoms with Gasteiger partial charge in [-0.05, 0) is 11.6 Å². The summed E-state index contributed by atoms with van der Waals surface area (Å²) in [5.74, 6) is -0.341. The van der Waals surface area contributed by atoms with Gasteiger partial charge in [-0.2, -0.15) is 0 Å². The highest BCUT2D eigenvalue weighted by Gasteiger charge is 2.16. The molecule has 1 aliphatic heterocycles. The summed E-state index contributed by atoms with van der Waals surface area (Å²) in [5, 5.41) is 11.3. The van der Waals surface area contributed by atoms with Crippen LogP contribution in [0.5, 0.6) is 0 Å². The predicted octanol–water partition coefficient (Wildman–Crippen LogP) is -0.246. The van der Waals surface area contributed by atoms with E-state index in [4.69, 9.17) is 17.0 Å². The average Bonchev–Trinajstić information content (AvgIpc) is 2.03. The van der Waals surface area contributed by atoms with Crippen LogP contribution in [-0.2, 0) is 9.59 Å². The zero-order chi connectivity index (χ0) is 9.14. The minimum absolute atomic E-state index is 0. The van der Waals surface area contributed by atoms with E-state index < -0.39 is 11.0 Å². The van der Waals surface area contributed by atoms with Crippen LogP contribution in [0.3, 0.4) is 0 Å². The molecular formula is C6H7Cl2N3O2. The molecule has 0 spiro atoms. The SMILES string of the molecule is Cl.N=C(C(=O)Cl)C1=CC(=O)NCN1. The highest BCUT2D eigenvalue weighted by atomic mass is 35.5. The minimum Gasteiger partial charge on any atom is -0.366 e. The van der Waals surface area contributed by atoms with Crippen molar-refractivity contribution in [2.45, 2.75) is 0 Å². The van der Waals surface area contributed by atoms with Crippen molar-refractivity contribution in [2.24, 2.45) is 0 Å². The van der Waals surface area contributed by atoms with Crippen LogP contribution in [0.1, 0.15) is 0 Å². The Morgan fingerprint density at radius 3 is 2.62 bits per heavy atom. The first-order chi connectivity index (χ1) is 5.61. The quantitative estimate of drug-likeness (QED) is 0.447. The lowest BCUT2D eigenvalue weighted by molar-refractivity contribution is -0.116. The number of rotatable bonds is 2. The van der Waals surface area contributed by atoms with Crippen molar-refractivity contribution >= 4 is 40.9 Å². The maximum absolute atomic E-state index is 10.7. The molecule has 0 unspecified atom stereocenters. The minimum atomic E-state index is -0.886. The topological polar surface area (TPSA) is 82.0 Å².